The molecular formula is C33H42FN5O8. The molecule has 2 aliphatic rings. The highest BCUT2D eigenvalue weighted by molar-refractivity contribution is 5.82. The second-order valence-electron chi connectivity index (χ2n) is 13.2. The van der Waals surface area contributed by atoms with Crippen LogP contribution in [0.5, 0.6) is 0 Å². The summed E-state index contributed by atoms with van der Waals surface area (Å²) in [5.41, 5.74) is -0.195. The highest BCUT2D eigenvalue weighted by Crippen LogP contribution is 2.29. The van der Waals surface area contributed by atoms with Crippen molar-refractivity contribution in [2.24, 2.45) is 11.8 Å². The van der Waals surface area contributed by atoms with Crippen molar-refractivity contribution >= 4 is 29.6 Å². The molecule has 0 aliphatic carbocycles. The number of benzene rings is 1. The maximum absolute atomic E-state index is 13.9. The van der Waals surface area contributed by atoms with Gasteiger partial charge in [-0.2, -0.15) is 4.39 Å². The number of carbonyl (C=O) groups is 4. The number of nitro groups is 1. The molecule has 2 N–H and O–H groups in total. The zero-order chi connectivity index (χ0) is 34.3. The number of likely N-dealkylation sites (tertiary alicyclic amines) is 2. The summed E-state index contributed by atoms with van der Waals surface area (Å²) in [4.78, 5) is 68.5. The molecule has 2 fully saturated rings. The lowest BCUT2D eigenvalue weighted by atomic mass is 9.91. The molecule has 2 saturated heterocycles. The molecule has 47 heavy (non-hydrogen) atoms. The molecule has 254 valence electrons. The summed E-state index contributed by atoms with van der Waals surface area (Å²) in [6, 6.07) is 4.01. The number of hydrogen-bond donors (Lipinski definition) is 2. The number of rotatable bonds is 10. The first kappa shape index (κ1) is 35.2. The number of carbonyl (C=O) groups excluding carboxylic acids is 3. The third-order valence-electron chi connectivity index (χ3n) is 8.51. The standard InChI is InChI=1S/C33H42FN5O8/c1-33(2,3)47-32(44)37-13-10-21(11-14-37)6-9-29(40)38-12-4-5-23(20-38)31(43)36-27(17-30(41)42)25-15-24(18-35-19-25)22-7-8-26(34)28(16-22)39(45)46/h7-8,15-16,18-19,21,23,27H,4-6,9-14,17,20H2,1-3H3,(H,36,43)(H,41,42). The first-order valence-electron chi connectivity index (χ1n) is 15.9. The number of nitrogens with one attached hydrogen (secondary N) is 1. The number of hydrogen-bond acceptors (Lipinski definition) is 8. The van der Waals surface area contributed by atoms with Crippen LogP contribution in [0.4, 0.5) is 14.9 Å². The zero-order valence-electron chi connectivity index (χ0n) is 26.9. The van der Waals surface area contributed by atoms with Crippen molar-refractivity contribution in [3.63, 3.8) is 0 Å². The molecule has 0 bridgehead atoms. The number of carboxylic acids is 1. The van der Waals surface area contributed by atoms with Crippen LogP contribution in [0.3, 0.4) is 0 Å². The fourth-order valence-electron chi connectivity index (χ4n) is 5.99. The predicted octanol–water partition coefficient (Wildman–Crippen LogP) is 5.09. The molecule has 2 aliphatic heterocycles. The number of ether oxygens (including phenoxy) is 1. The molecule has 2 atom stereocenters. The Balaban J connectivity index is 1.33. The number of pyridine rings is 1. The number of nitrogens with zero attached hydrogens (tertiary/aromatic N) is 4. The van der Waals surface area contributed by atoms with Gasteiger partial charge in [0.05, 0.1) is 23.3 Å². The quantitative estimate of drug-likeness (QED) is 0.261. The van der Waals surface area contributed by atoms with E-state index >= 15 is 0 Å². The van der Waals surface area contributed by atoms with Crippen molar-refractivity contribution in [1.82, 2.24) is 20.1 Å². The van der Waals surface area contributed by atoms with Crippen molar-refractivity contribution in [2.45, 2.75) is 77.4 Å². The largest absolute Gasteiger partial charge is 0.481 e. The fourth-order valence-corrected chi connectivity index (χ4v) is 5.99. The number of amides is 3. The molecule has 14 heteroatoms. The summed E-state index contributed by atoms with van der Waals surface area (Å²) in [5, 5.41) is 23.6. The molecule has 0 saturated carbocycles. The minimum Gasteiger partial charge on any atom is -0.481 e. The van der Waals surface area contributed by atoms with Crippen LogP contribution in [0.2, 0.25) is 0 Å². The Morgan fingerprint density at radius 3 is 2.47 bits per heavy atom. The minimum absolute atomic E-state index is 0.0375. The van der Waals surface area contributed by atoms with Crippen LogP contribution in [0.15, 0.2) is 36.7 Å². The number of halogens is 1. The van der Waals surface area contributed by atoms with Crippen LogP contribution in [0.1, 0.15) is 77.3 Å². The van der Waals surface area contributed by atoms with Crippen molar-refractivity contribution in [3.8, 4) is 11.1 Å². The van der Waals surface area contributed by atoms with Gasteiger partial charge in [-0.15, -0.1) is 0 Å². The van der Waals surface area contributed by atoms with E-state index in [4.69, 9.17) is 4.74 Å². The second-order valence-corrected chi connectivity index (χ2v) is 13.2. The van der Waals surface area contributed by atoms with Gasteiger partial charge in [-0.3, -0.25) is 29.5 Å². The van der Waals surface area contributed by atoms with Gasteiger partial charge in [-0.05, 0) is 82.1 Å². The van der Waals surface area contributed by atoms with Crippen LogP contribution in [0, 0.1) is 27.8 Å². The van der Waals surface area contributed by atoms with E-state index in [0.717, 1.165) is 25.0 Å². The molecule has 1 aromatic heterocycles. The lowest BCUT2D eigenvalue weighted by Gasteiger charge is -2.35. The summed E-state index contributed by atoms with van der Waals surface area (Å²) < 4.78 is 19.3. The van der Waals surface area contributed by atoms with Crippen LogP contribution < -0.4 is 5.32 Å². The fraction of sp³-hybridized carbons (Fsp3) is 0.545. The number of carboxylic acid groups (broad SMARTS) is 1. The number of nitro benzene ring substituents is 1. The summed E-state index contributed by atoms with van der Waals surface area (Å²) in [5.74, 6) is -2.79. The molecular weight excluding hydrogens is 613 g/mol. The van der Waals surface area contributed by atoms with E-state index in [1.165, 1.54) is 18.5 Å². The Bertz CT molecular complexity index is 1490. The molecule has 13 nitrogen and oxygen atoms in total. The highest BCUT2D eigenvalue weighted by Gasteiger charge is 2.32. The maximum atomic E-state index is 13.9. The van der Waals surface area contributed by atoms with Crippen molar-refractivity contribution in [3.05, 3.63) is 58.2 Å². The SMILES string of the molecule is CC(C)(C)OC(=O)N1CCC(CCC(=O)N2CCCC(C(=O)NC(CC(=O)O)c3cncc(-c4ccc(F)c([N+](=O)[O-])c4)c3)C2)CC1. The highest BCUT2D eigenvalue weighted by atomic mass is 19.1. The Kier molecular flexibility index (Phi) is 11.5. The average Bonchev–Trinajstić information content (AvgIpc) is 3.02. The molecule has 3 amide bonds. The second kappa shape index (κ2) is 15.3. The van der Waals surface area contributed by atoms with Crippen LogP contribution in [0.25, 0.3) is 11.1 Å². The van der Waals surface area contributed by atoms with E-state index in [1.54, 1.807) is 15.9 Å². The first-order chi connectivity index (χ1) is 22.2. The van der Waals surface area contributed by atoms with Gasteiger partial charge in [0.1, 0.15) is 5.60 Å². The Morgan fingerprint density at radius 1 is 1.09 bits per heavy atom. The van der Waals surface area contributed by atoms with Gasteiger partial charge < -0.3 is 25.0 Å². The van der Waals surface area contributed by atoms with E-state index in [0.29, 0.717) is 67.9 Å². The van der Waals surface area contributed by atoms with Crippen molar-refractivity contribution < 1.29 is 38.3 Å². The Labute approximate surface area is 272 Å². The van der Waals surface area contributed by atoms with Gasteiger partial charge in [0.25, 0.3) is 0 Å². The molecule has 4 rings (SSSR count). The number of aromatic nitrogens is 1. The van der Waals surface area contributed by atoms with E-state index in [-0.39, 0.29) is 24.5 Å². The van der Waals surface area contributed by atoms with Gasteiger partial charge in [0.15, 0.2) is 0 Å². The van der Waals surface area contributed by atoms with Crippen LogP contribution in [-0.4, -0.2) is 80.5 Å². The molecule has 0 spiro atoms. The molecule has 3 heterocycles. The Hall–Kier alpha value is -4.62. The number of piperidine rings is 2. The summed E-state index contributed by atoms with van der Waals surface area (Å²) >= 11 is 0. The third kappa shape index (κ3) is 9.93. The van der Waals surface area contributed by atoms with Crippen molar-refractivity contribution in [1.29, 1.82) is 0 Å². The van der Waals surface area contributed by atoms with Crippen LogP contribution in [-0.2, 0) is 19.1 Å². The maximum Gasteiger partial charge on any atom is 0.410 e. The van der Waals surface area contributed by atoms with Gasteiger partial charge in [0, 0.05) is 56.6 Å². The van der Waals surface area contributed by atoms with E-state index in [9.17, 15) is 38.8 Å². The van der Waals surface area contributed by atoms with Crippen molar-refractivity contribution in [2.75, 3.05) is 26.2 Å². The van der Waals surface area contributed by atoms with E-state index in [2.05, 4.69) is 10.3 Å². The lowest BCUT2D eigenvalue weighted by molar-refractivity contribution is -0.387. The van der Waals surface area contributed by atoms with Gasteiger partial charge >= 0.3 is 17.7 Å². The summed E-state index contributed by atoms with van der Waals surface area (Å²) in [6.07, 6.45) is 5.83. The molecule has 0 radical (unpaired) electrons. The Morgan fingerprint density at radius 2 is 1.81 bits per heavy atom. The van der Waals surface area contributed by atoms with Gasteiger partial charge in [0.2, 0.25) is 17.6 Å². The van der Waals surface area contributed by atoms with E-state index in [1.807, 2.05) is 20.8 Å². The predicted molar refractivity (Wildman–Crippen MR) is 168 cm³/mol. The summed E-state index contributed by atoms with van der Waals surface area (Å²) in [6.45, 7) is 7.42. The lowest BCUT2D eigenvalue weighted by Crippen LogP contribution is -2.46. The normalized spacial score (nSPS) is 17.9. The number of aliphatic carboxylic acids is 1. The molecule has 1 aromatic carbocycles. The molecule has 2 unspecified atom stereocenters. The average molecular weight is 656 g/mol. The minimum atomic E-state index is -1.16. The van der Waals surface area contributed by atoms with E-state index < -0.39 is 46.4 Å². The zero-order valence-corrected chi connectivity index (χ0v) is 26.9. The molecule has 2 aromatic rings. The third-order valence-corrected chi connectivity index (χ3v) is 8.51. The van der Waals surface area contributed by atoms with Gasteiger partial charge in [-0.25, -0.2) is 4.79 Å². The van der Waals surface area contributed by atoms with Crippen LogP contribution >= 0.6 is 0 Å². The monoisotopic (exact) mass is 655 g/mol. The smallest absolute Gasteiger partial charge is 0.410 e. The topological polar surface area (TPSA) is 172 Å². The van der Waals surface area contributed by atoms with Gasteiger partial charge in [-0.1, -0.05) is 6.07 Å². The first-order valence-corrected chi connectivity index (χ1v) is 15.9. The summed E-state index contributed by atoms with van der Waals surface area (Å²) in [7, 11) is 0.